The van der Waals surface area contributed by atoms with E-state index in [1.807, 2.05) is 48.8 Å². The lowest BCUT2D eigenvalue weighted by atomic mass is 9.99. The number of halogens is 1. The van der Waals surface area contributed by atoms with Crippen molar-refractivity contribution in [3.63, 3.8) is 0 Å². The highest BCUT2D eigenvalue weighted by atomic mass is 32.2. The monoisotopic (exact) mass is 375 g/mol. The third-order valence-electron chi connectivity index (χ3n) is 4.35. The van der Waals surface area contributed by atoms with Crippen LogP contribution in [0.2, 0.25) is 0 Å². The summed E-state index contributed by atoms with van der Waals surface area (Å²) in [4.78, 5) is 1.06. The Kier molecular flexibility index (Phi) is 6.28. The molecule has 0 aliphatic carbocycles. The number of thioether (sulfide) groups is 1. The quantitative estimate of drug-likeness (QED) is 0.670. The van der Waals surface area contributed by atoms with Gasteiger partial charge in [-0.25, -0.2) is 4.39 Å². The Bertz CT molecular complexity index is 962. The van der Waals surface area contributed by atoms with E-state index >= 15 is 0 Å². The fourth-order valence-electron chi connectivity index (χ4n) is 2.84. The molecule has 0 fully saturated rings. The highest BCUT2D eigenvalue weighted by Gasteiger charge is 2.13. The largest absolute Gasteiger partial charge is 0.326 e. The van der Waals surface area contributed by atoms with Crippen LogP contribution in [0.15, 0.2) is 89.9 Å². The summed E-state index contributed by atoms with van der Waals surface area (Å²) in [5.41, 5.74) is 11.7. The number of aryl methyl sites for hydroxylation is 1. The normalized spacial score (nSPS) is 19.7. The van der Waals surface area contributed by atoms with E-state index in [2.05, 4.69) is 30.9 Å². The second kappa shape index (κ2) is 8.85. The Hall–Kier alpha value is -2.62. The first-order valence-corrected chi connectivity index (χ1v) is 9.63. The minimum atomic E-state index is -0.223. The van der Waals surface area contributed by atoms with Crippen LogP contribution >= 0.6 is 11.8 Å². The van der Waals surface area contributed by atoms with E-state index in [0.29, 0.717) is 6.54 Å². The predicted octanol–water partition coefficient (Wildman–Crippen LogP) is 6.39. The van der Waals surface area contributed by atoms with E-state index in [-0.39, 0.29) is 5.82 Å². The molecule has 3 rings (SSSR count). The van der Waals surface area contributed by atoms with E-state index in [4.69, 9.17) is 5.73 Å². The molecule has 136 valence electrons. The van der Waals surface area contributed by atoms with Crippen LogP contribution in [0.4, 0.5) is 4.39 Å². The minimum Gasteiger partial charge on any atom is -0.326 e. The lowest BCUT2D eigenvalue weighted by molar-refractivity contribution is 0.626. The summed E-state index contributed by atoms with van der Waals surface area (Å²) in [6.07, 6.45) is 10.1. The first-order chi connectivity index (χ1) is 13.1. The van der Waals surface area contributed by atoms with Gasteiger partial charge in [0.25, 0.3) is 0 Å². The Morgan fingerprint density at radius 1 is 1.07 bits per heavy atom. The Morgan fingerprint density at radius 2 is 1.85 bits per heavy atom. The highest BCUT2D eigenvalue weighted by molar-refractivity contribution is 8.11. The molecule has 2 aromatic carbocycles. The topological polar surface area (TPSA) is 26.0 Å². The molecule has 0 saturated heterocycles. The number of hydrogen-bond acceptors (Lipinski definition) is 2. The van der Waals surface area contributed by atoms with Gasteiger partial charge >= 0.3 is 0 Å². The summed E-state index contributed by atoms with van der Waals surface area (Å²) in [5, 5.41) is 2.03. The van der Waals surface area contributed by atoms with Gasteiger partial charge in [-0.2, -0.15) is 0 Å². The zero-order chi connectivity index (χ0) is 19.2. The van der Waals surface area contributed by atoms with Crippen molar-refractivity contribution < 1.29 is 4.39 Å². The van der Waals surface area contributed by atoms with Gasteiger partial charge in [0.05, 0.1) is 0 Å². The molecule has 3 heteroatoms. The molecular formula is C24H22FNS. The van der Waals surface area contributed by atoms with Crippen LogP contribution in [0.3, 0.4) is 0 Å². The van der Waals surface area contributed by atoms with Crippen molar-refractivity contribution in [1.29, 1.82) is 0 Å². The summed E-state index contributed by atoms with van der Waals surface area (Å²) in [6, 6.07) is 13.1. The summed E-state index contributed by atoms with van der Waals surface area (Å²) in [7, 11) is 0. The number of allylic oxidation sites excluding steroid dienone is 6. The average molecular weight is 376 g/mol. The molecule has 27 heavy (non-hydrogen) atoms. The molecule has 0 atom stereocenters. The molecule has 0 amide bonds. The first-order valence-electron chi connectivity index (χ1n) is 8.75. The van der Waals surface area contributed by atoms with E-state index in [0.717, 1.165) is 38.3 Å². The van der Waals surface area contributed by atoms with Gasteiger partial charge in [-0.15, -0.1) is 0 Å². The number of rotatable bonds is 4. The van der Waals surface area contributed by atoms with Gasteiger partial charge in [0, 0.05) is 11.4 Å². The maximum Gasteiger partial charge on any atom is 0.123 e. The maximum atomic E-state index is 13.6. The third kappa shape index (κ3) is 4.76. The molecule has 0 aromatic heterocycles. The molecule has 1 nitrogen and oxygen atoms in total. The van der Waals surface area contributed by atoms with Gasteiger partial charge in [-0.05, 0) is 57.9 Å². The molecule has 0 saturated carbocycles. The van der Waals surface area contributed by atoms with Gasteiger partial charge in [0.2, 0.25) is 0 Å². The fraction of sp³-hybridized carbons (Fsp3) is 0.0833. The summed E-state index contributed by atoms with van der Waals surface area (Å²) < 4.78 is 13.6. The van der Waals surface area contributed by atoms with Crippen LogP contribution in [0.1, 0.15) is 22.3 Å². The minimum absolute atomic E-state index is 0.223. The number of benzene rings is 2. The molecule has 1 heterocycles. The molecule has 1 aliphatic heterocycles. The van der Waals surface area contributed by atoms with Crippen LogP contribution in [0.25, 0.3) is 11.0 Å². The molecule has 2 aromatic rings. The lowest BCUT2D eigenvalue weighted by Gasteiger charge is -2.15. The van der Waals surface area contributed by atoms with Crippen molar-refractivity contribution in [2.24, 2.45) is 5.73 Å². The molecule has 0 unspecified atom stereocenters. The highest BCUT2D eigenvalue weighted by Crippen LogP contribution is 2.38. The van der Waals surface area contributed by atoms with Crippen LogP contribution in [0.5, 0.6) is 0 Å². The van der Waals surface area contributed by atoms with E-state index in [1.165, 1.54) is 6.07 Å². The second-order valence-electron chi connectivity index (χ2n) is 6.31. The van der Waals surface area contributed by atoms with Crippen molar-refractivity contribution in [3.8, 4) is 0 Å². The van der Waals surface area contributed by atoms with Crippen LogP contribution in [-0.4, -0.2) is 0 Å². The Morgan fingerprint density at radius 3 is 2.56 bits per heavy atom. The molecule has 1 aliphatic rings. The number of hydrogen-bond donors (Lipinski definition) is 1. The van der Waals surface area contributed by atoms with E-state index in [9.17, 15) is 4.39 Å². The van der Waals surface area contributed by atoms with Gasteiger partial charge < -0.3 is 5.73 Å². The summed E-state index contributed by atoms with van der Waals surface area (Å²) in [5.74, 6) is -0.223. The standard InChI is InChI=1S/C24H22FNS/c1-17-5-3-4-14-27-24(23-13-11-21(25)15-18(23)2)22(17)12-10-19-6-8-20(16-26)9-7-19/h3-15H,1,16,26H2,2H3/b5-3-,12-10-,14-4-,24-22-. The summed E-state index contributed by atoms with van der Waals surface area (Å²) in [6.45, 7) is 6.69. The first kappa shape index (κ1) is 19.2. The molecule has 0 radical (unpaired) electrons. The molecular weight excluding hydrogens is 353 g/mol. The molecule has 0 spiro atoms. The maximum absolute atomic E-state index is 13.6. The molecule has 0 bridgehead atoms. The third-order valence-corrected chi connectivity index (χ3v) is 5.32. The zero-order valence-electron chi connectivity index (χ0n) is 15.3. The van der Waals surface area contributed by atoms with Gasteiger partial charge in [0.1, 0.15) is 5.82 Å². The predicted molar refractivity (Wildman–Crippen MR) is 116 cm³/mol. The summed E-state index contributed by atoms with van der Waals surface area (Å²) >= 11 is 1.62. The van der Waals surface area contributed by atoms with Crippen LogP contribution in [0, 0.1) is 12.7 Å². The van der Waals surface area contributed by atoms with Gasteiger partial charge in [-0.3, -0.25) is 0 Å². The van der Waals surface area contributed by atoms with E-state index in [1.54, 1.807) is 17.8 Å². The smallest absolute Gasteiger partial charge is 0.123 e. The van der Waals surface area contributed by atoms with Crippen molar-refractivity contribution in [3.05, 3.63) is 118 Å². The van der Waals surface area contributed by atoms with Crippen molar-refractivity contribution in [2.45, 2.75) is 13.5 Å². The average Bonchev–Trinajstić information content (AvgIpc) is 2.65. The van der Waals surface area contributed by atoms with E-state index < -0.39 is 0 Å². The Labute approximate surface area is 164 Å². The van der Waals surface area contributed by atoms with Crippen LogP contribution in [-0.2, 0) is 6.54 Å². The van der Waals surface area contributed by atoms with Gasteiger partial charge in [-0.1, -0.05) is 79.1 Å². The van der Waals surface area contributed by atoms with Crippen molar-refractivity contribution in [1.82, 2.24) is 0 Å². The number of nitrogens with two attached hydrogens (primary N) is 1. The fourth-order valence-corrected chi connectivity index (χ4v) is 3.83. The zero-order valence-corrected chi connectivity index (χ0v) is 16.1. The van der Waals surface area contributed by atoms with Crippen LogP contribution < -0.4 is 5.73 Å². The van der Waals surface area contributed by atoms with Crippen molar-refractivity contribution >= 4 is 22.7 Å². The SMILES string of the molecule is C=C1/C=C\C=C/S/C(c2ccc(F)cc2C)=C1/C=C\c1ccc(CN)cc1. The van der Waals surface area contributed by atoms with Crippen molar-refractivity contribution in [2.75, 3.05) is 0 Å². The second-order valence-corrected chi connectivity index (χ2v) is 7.23. The Balaban J connectivity index is 2.07. The van der Waals surface area contributed by atoms with Gasteiger partial charge in [0.15, 0.2) is 0 Å². The lowest BCUT2D eigenvalue weighted by Crippen LogP contribution is -1.95. The molecule has 2 N–H and O–H groups in total.